The lowest BCUT2D eigenvalue weighted by atomic mass is 10.0. The van der Waals surface area contributed by atoms with Crippen LogP contribution in [0.4, 0.5) is 0 Å². The van der Waals surface area contributed by atoms with Crippen molar-refractivity contribution in [1.29, 1.82) is 0 Å². The molecule has 0 aromatic heterocycles. The van der Waals surface area contributed by atoms with Gasteiger partial charge < -0.3 is 9.84 Å². The van der Waals surface area contributed by atoms with E-state index in [0.29, 0.717) is 0 Å². The standard InChI is InChI=1S/C16H14O4/c1-11(17)20-10-12-4-2-5-13(8-12)14-6-3-7-15(9-14)16(18)19/h2-9H,10H2,1H3,(H,18,19). The maximum absolute atomic E-state index is 11.0. The van der Waals surface area contributed by atoms with Crippen molar-refractivity contribution in [2.45, 2.75) is 13.5 Å². The van der Waals surface area contributed by atoms with Crippen LogP contribution >= 0.6 is 0 Å². The van der Waals surface area contributed by atoms with Crippen LogP contribution < -0.4 is 0 Å². The Bertz CT molecular complexity index is 646. The Hall–Kier alpha value is -2.62. The summed E-state index contributed by atoms with van der Waals surface area (Å²) in [5, 5.41) is 9.00. The number of hydrogen-bond acceptors (Lipinski definition) is 3. The van der Waals surface area contributed by atoms with E-state index in [4.69, 9.17) is 9.84 Å². The van der Waals surface area contributed by atoms with Gasteiger partial charge in [-0.2, -0.15) is 0 Å². The van der Waals surface area contributed by atoms with Gasteiger partial charge in [0.05, 0.1) is 5.56 Å². The predicted octanol–water partition coefficient (Wildman–Crippen LogP) is 3.11. The van der Waals surface area contributed by atoms with Crippen LogP contribution in [0, 0.1) is 0 Å². The highest BCUT2D eigenvalue weighted by Gasteiger charge is 2.05. The number of ether oxygens (including phenoxy) is 1. The van der Waals surface area contributed by atoms with Crippen LogP contribution in [0.25, 0.3) is 11.1 Å². The molecule has 0 bridgehead atoms. The van der Waals surface area contributed by atoms with E-state index in [0.717, 1.165) is 16.7 Å². The highest BCUT2D eigenvalue weighted by Crippen LogP contribution is 2.22. The second-order valence-electron chi connectivity index (χ2n) is 4.37. The first-order chi connectivity index (χ1) is 9.56. The second kappa shape index (κ2) is 6.02. The number of hydrogen-bond donors (Lipinski definition) is 1. The van der Waals surface area contributed by atoms with Gasteiger partial charge in [-0.1, -0.05) is 30.3 Å². The molecule has 0 aliphatic rings. The van der Waals surface area contributed by atoms with E-state index in [9.17, 15) is 9.59 Å². The van der Waals surface area contributed by atoms with E-state index in [1.165, 1.54) is 6.92 Å². The molecular weight excluding hydrogens is 256 g/mol. The molecule has 2 aromatic rings. The van der Waals surface area contributed by atoms with Gasteiger partial charge in [0.2, 0.25) is 0 Å². The van der Waals surface area contributed by atoms with Crippen molar-refractivity contribution in [1.82, 2.24) is 0 Å². The molecule has 4 nitrogen and oxygen atoms in total. The molecule has 20 heavy (non-hydrogen) atoms. The van der Waals surface area contributed by atoms with Crippen LogP contribution in [-0.2, 0) is 16.1 Å². The molecule has 2 aromatic carbocycles. The summed E-state index contributed by atoms with van der Waals surface area (Å²) in [4.78, 5) is 21.8. The molecule has 0 fully saturated rings. The van der Waals surface area contributed by atoms with E-state index >= 15 is 0 Å². The maximum atomic E-state index is 11.0. The molecule has 0 amide bonds. The van der Waals surface area contributed by atoms with Crippen LogP contribution in [0.15, 0.2) is 48.5 Å². The molecule has 0 radical (unpaired) electrons. The van der Waals surface area contributed by atoms with Gasteiger partial charge in [0, 0.05) is 6.92 Å². The fraction of sp³-hybridized carbons (Fsp3) is 0.125. The average molecular weight is 270 g/mol. The van der Waals surface area contributed by atoms with Crippen LogP contribution in [0.3, 0.4) is 0 Å². The van der Waals surface area contributed by atoms with Gasteiger partial charge in [0.25, 0.3) is 0 Å². The molecular formula is C16H14O4. The smallest absolute Gasteiger partial charge is 0.335 e. The lowest BCUT2D eigenvalue weighted by molar-refractivity contribution is -0.142. The number of benzene rings is 2. The van der Waals surface area contributed by atoms with Gasteiger partial charge in [0.1, 0.15) is 6.61 Å². The van der Waals surface area contributed by atoms with Crippen molar-refractivity contribution >= 4 is 11.9 Å². The molecule has 4 heteroatoms. The molecule has 102 valence electrons. The molecule has 0 spiro atoms. The van der Waals surface area contributed by atoms with Gasteiger partial charge in [0.15, 0.2) is 0 Å². The number of rotatable bonds is 4. The van der Waals surface area contributed by atoms with Crippen molar-refractivity contribution in [3.05, 3.63) is 59.7 Å². The Morgan fingerprint density at radius 1 is 1.05 bits per heavy atom. The third-order valence-electron chi connectivity index (χ3n) is 2.81. The Kier molecular flexibility index (Phi) is 4.15. The fourth-order valence-electron chi connectivity index (χ4n) is 1.86. The maximum Gasteiger partial charge on any atom is 0.335 e. The molecule has 0 unspecified atom stereocenters. The van der Waals surface area contributed by atoms with Crippen LogP contribution in [-0.4, -0.2) is 17.0 Å². The molecule has 0 aliphatic carbocycles. The molecule has 0 saturated carbocycles. The number of carboxylic acids is 1. The molecule has 0 aliphatic heterocycles. The minimum absolute atomic E-state index is 0.210. The number of carboxylic acid groups (broad SMARTS) is 1. The number of aromatic carboxylic acids is 1. The molecule has 0 atom stereocenters. The molecule has 2 rings (SSSR count). The van der Waals surface area contributed by atoms with Crippen LogP contribution in [0.2, 0.25) is 0 Å². The van der Waals surface area contributed by atoms with E-state index in [1.807, 2.05) is 30.3 Å². The molecule has 0 heterocycles. The zero-order chi connectivity index (χ0) is 14.5. The van der Waals surface area contributed by atoms with Crippen molar-refractivity contribution in [2.75, 3.05) is 0 Å². The summed E-state index contributed by atoms with van der Waals surface area (Å²) in [7, 11) is 0. The third-order valence-corrected chi connectivity index (χ3v) is 2.81. The Morgan fingerprint density at radius 3 is 2.35 bits per heavy atom. The van der Waals surface area contributed by atoms with E-state index in [-0.39, 0.29) is 18.1 Å². The van der Waals surface area contributed by atoms with Gasteiger partial charge in [-0.05, 0) is 34.9 Å². The Balaban J connectivity index is 2.28. The zero-order valence-corrected chi connectivity index (χ0v) is 11.0. The Morgan fingerprint density at radius 2 is 1.70 bits per heavy atom. The summed E-state index contributed by atoms with van der Waals surface area (Å²) in [6.07, 6.45) is 0. The first-order valence-corrected chi connectivity index (χ1v) is 6.12. The van der Waals surface area contributed by atoms with E-state index < -0.39 is 5.97 Å². The minimum atomic E-state index is -0.956. The number of esters is 1. The lowest BCUT2D eigenvalue weighted by Crippen LogP contribution is -1.99. The van der Waals surface area contributed by atoms with Crippen LogP contribution in [0.5, 0.6) is 0 Å². The summed E-state index contributed by atoms with van der Waals surface area (Å²) in [6.45, 7) is 1.57. The second-order valence-corrected chi connectivity index (χ2v) is 4.37. The minimum Gasteiger partial charge on any atom is -0.478 e. The van der Waals surface area contributed by atoms with Crippen molar-refractivity contribution in [2.24, 2.45) is 0 Å². The van der Waals surface area contributed by atoms with E-state index in [2.05, 4.69) is 0 Å². The lowest BCUT2D eigenvalue weighted by Gasteiger charge is -2.06. The SMILES string of the molecule is CC(=O)OCc1cccc(-c2cccc(C(=O)O)c2)c1. The van der Waals surface area contributed by atoms with Gasteiger partial charge in [-0.25, -0.2) is 4.79 Å². The number of carbonyl (C=O) groups excluding carboxylic acids is 1. The molecule has 0 saturated heterocycles. The Labute approximate surface area is 116 Å². The van der Waals surface area contributed by atoms with Crippen LogP contribution in [0.1, 0.15) is 22.8 Å². The van der Waals surface area contributed by atoms with E-state index in [1.54, 1.807) is 18.2 Å². The van der Waals surface area contributed by atoms with Gasteiger partial charge in [-0.15, -0.1) is 0 Å². The van der Waals surface area contributed by atoms with Gasteiger partial charge >= 0.3 is 11.9 Å². The summed E-state index contributed by atoms with van der Waals surface area (Å²) in [5.41, 5.74) is 2.80. The summed E-state index contributed by atoms with van der Waals surface area (Å²) < 4.78 is 4.95. The van der Waals surface area contributed by atoms with Crippen molar-refractivity contribution in [3.8, 4) is 11.1 Å². The third kappa shape index (κ3) is 3.45. The van der Waals surface area contributed by atoms with Gasteiger partial charge in [-0.3, -0.25) is 4.79 Å². The monoisotopic (exact) mass is 270 g/mol. The topological polar surface area (TPSA) is 63.6 Å². The van der Waals surface area contributed by atoms with Crippen molar-refractivity contribution in [3.63, 3.8) is 0 Å². The first kappa shape index (κ1) is 13.8. The summed E-state index contributed by atoms with van der Waals surface area (Å²) in [6, 6.07) is 14.2. The normalized spacial score (nSPS) is 10.1. The number of carbonyl (C=O) groups is 2. The predicted molar refractivity (Wildman–Crippen MR) is 74.3 cm³/mol. The average Bonchev–Trinajstić information content (AvgIpc) is 2.45. The highest BCUT2D eigenvalue weighted by molar-refractivity contribution is 5.89. The highest BCUT2D eigenvalue weighted by atomic mass is 16.5. The zero-order valence-electron chi connectivity index (χ0n) is 11.0. The first-order valence-electron chi connectivity index (χ1n) is 6.12. The fourth-order valence-corrected chi connectivity index (χ4v) is 1.86. The molecule has 1 N–H and O–H groups in total. The quantitative estimate of drug-likeness (QED) is 0.867. The largest absolute Gasteiger partial charge is 0.478 e. The van der Waals surface area contributed by atoms with Crippen molar-refractivity contribution < 1.29 is 19.4 Å². The summed E-state index contributed by atoms with van der Waals surface area (Å²) in [5.74, 6) is -1.29. The summed E-state index contributed by atoms with van der Waals surface area (Å²) >= 11 is 0.